The quantitative estimate of drug-likeness (QED) is 0.599. The average molecular weight is 418 g/mol. The second kappa shape index (κ2) is 7.95. The molecule has 146 valence electrons. The molecule has 0 radical (unpaired) electrons. The summed E-state index contributed by atoms with van der Waals surface area (Å²) in [4.78, 5) is 21.8. The maximum Gasteiger partial charge on any atom is 0.260 e. The predicted octanol–water partition coefficient (Wildman–Crippen LogP) is 4.28. The van der Waals surface area contributed by atoms with Crippen LogP contribution in [0.2, 0.25) is 5.02 Å². The minimum Gasteiger partial charge on any atom is -0.454 e. The van der Waals surface area contributed by atoms with Crippen LogP contribution in [-0.2, 0) is 0 Å². The third-order valence-corrected chi connectivity index (χ3v) is 5.70. The van der Waals surface area contributed by atoms with Gasteiger partial charge in [-0.25, -0.2) is 4.98 Å². The molecule has 0 unspecified atom stereocenters. The summed E-state index contributed by atoms with van der Waals surface area (Å²) in [6, 6.07) is 10.8. The number of carbonyl (C=O) groups excluding carboxylic acids is 1. The van der Waals surface area contributed by atoms with Crippen LogP contribution in [0.1, 0.15) is 16.8 Å². The molecule has 0 aliphatic carbocycles. The van der Waals surface area contributed by atoms with Crippen LogP contribution in [0.15, 0.2) is 36.4 Å². The van der Waals surface area contributed by atoms with E-state index in [2.05, 4.69) is 9.88 Å². The molecule has 8 heteroatoms. The molecule has 1 amide bonds. The normalized spacial score (nSPS) is 12.7. The molecule has 28 heavy (non-hydrogen) atoms. The topological polar surface area (TPSA) is 54.9 Å². The van der Waals surface area contributed by atoms with Gasteiger partial charge in [-0.3, -0.25) is 9.69 Å². The van der Waals surface area contributed by atoms with Gasteiger partial charge in [-0.05, 0) is 63.5 Å². The number of rotatable bonds is 6. The first-order chi connectivity index (χ1) is 13.5. The van der Waals surface area contributed by atoms with E-state index in [0.717, 1.165) is 23.2 Å². The molecule has 2 heterocycles. The Balaban J connectivity index is 1.66. The van der Waals surface area contributed by atoms with Crippen molar-refractivity contribution < 1.29 is 14.3 Å². The number of hydrogen-bond donors (Lipinski definition) is 0. The Kier molecular flexibility index (Phi) is 5.39. The van der Waals surface area contributed by atoms with Crippen molar-refractivity contribution in [1.82, 2.24) is 9.88 Å². The van der Waals surface area contributed by atoms with Gasteiger partial charge in [-0.1, -0.05) is 22.9 Å². The fraction of sp³-hybridized carbons (Fsp3) is 0.300. The summed E-state index contributed by atoms with van der Waals surface area (Å²) in [5.74, 6) is 1.14. The van der Waals surface area contributed by atoms with Crippen LogP contribution in [0.5, 0.6) is 11.5 Å². The lowest BCUT2D eigenvalue weighted by molar-refractivity contribution is 0.0985. The largest absolute Gasteiger partial charge is 0.454 e. The standard InChI is InChI=1S/C20H20ClN3O3S/c1-23(2)8-3-9-24(20-22-15-6-5-14(21)11-18(15)28-20)19(25)13-4-7-16-17(10-13)27-12-26-16/h4-7,10-11H,3,8-9,12H2,1-2H3. The van der Waals surface area contributed by atoms with E-state index in [1.54, 1.807) is 23.1 Å². The summed E-state index contributed by atoms with van der Waals surface area (Å²) >= 11 is 7.57. The van der Waals surface area contributed by atoms with Gasteiger partial charge in [0.05, 0.1) is 10.2 Å². The second-order valence-electron chi connectivity index (χ2n) is 6.79. The number of anilines is 1. The fourth-order valence-corrected chi connectivity index (χ4v) is 4.28. The highest BCUT2D eigenvalue weighted by Gasteiger charge is 2.23. The highest BCUT2D eigenvalue weighted by atomic mass is 35.5. The van der Waals surface area contributed by atoms with Gasteiger partial charge < -0.3 is 14.4 Å². The first kappa shape index (κ1) is 19.0. The Bertz CT molecular complexity index is 1020. The van der Waals surface area contributed by atoms with Gasteiger partial charge in [0.1, 0.15) is 0 Å². The maximum atomic E-state index is 13.3. The molecular formula is C20H20ClN3O3S. The SMILES string of the molecule is CN(C)CCCN(C(=O)c1ccc2c(c1)OCO2)c1nc2ccc(Cl)cc2s1. The van der Waals surface area contributed by atoms with Gasteiger partial charge >= 0.3 is 0 Å². The molecule has 1 aliphatic heterocycles. The van der Waals surface area contributed by atoms with Crippen molar-refractivity contribution in [2.75, 3.05) is 38.9 Å². The second-order valence-corrected chi connectivity index (χ2v) is 8.24. The molecule has 1 aliphatic rings. The van der Waals surface area contributed by atoms with Crippen LogP contribution in [0.25, 0.3) is 10.2 Å². The van der Waals surface area contributed by atoms with E-state index in [4.69, 9.17) is 21.1 Å². The number of nitrogens with zero attached hydrogens (tertiary/aromatic N) is 3. The van der Waals surface area contributed by atoms with E-state index in [1.807, 2.05) is 32.3 Å². The first-order valence-corrected chi connectivity index (χ1v) is 10.1. The number of thiazole rings is 1. The van der Waals surface area contributed by atoms with Crippen LogP contribution in [0.3, 0.4) is 0 Å². The third kappa shape index (κ3) is 3.92. The highest BCUT2D eigenvalue weighted by Crippen LogP contribution is 2.35. The Morgan fingerprint density at radius 3 is 2.79 bits per heavy atom. The van der Waals surface area contributed by atoms with E-state index >= 15 is 0 Å². The highest BCUT2D eigenvalue weighted by molar-refractivity contribution is 7.22. The van der Waals surface area contributed by atoms with Gasteiger partial charge in [0.2, 0.25) is 6.79 Å². The Morgan fingerprint density at radius 2 is 1.96 bits per heavy atom. The molecule has 0 N–H and O–H groups in total. The van der Waals surface area contributed by atoms with Crippen LogP contribution in [0, 0.1) is 0 Å². The molecule has 0 bridgehead atoms. The lowest BCUT2D eigenvalue weighted by atomic mass is 10.1. The van der Waals surface area contributed by atoms with Crippen molar-refractivity contribution in [3.05, 3.63) is 47.0 Å². The summed E-state index contributed by atoms with van der Waals surface area (Å²) in [6.45, 7) is 1.62. The van der Waals surface area contributed by atoms with Crippen LogP contribution in [-0.4, -0.2) is 49.8 Å². The third-order valence-electron chi connectivity index (χ3n) is 4.42. The van der Waals surface area contributed by atoms with E-state index in [9.17, 15) is 4.79 Å². The number of carbonyl (C=O) groups is 1. The van der Waals surface area contributed by atoms with Crippen LogP contribution >= 0.6 is 22.9 Å². The molecule has 0 fully saturated rings. The van der Waals surface area contributed by atoms with Crippen molar-refractivity contribution in [1.29, 1.82) is 0 Å². The molecule has 6 nitrogen and oxygen atoms in total. The van der Waals surface area contributed by atoms with E-state index in [1.165, 1.54) is 11.3 Å². The average Bonchev–Trinajstić information content (AvgIpc) is 3.29. The Labute approximate surface area is 172 Å². The molecule has 1 aromatic heterocycles. The summed E-state index contributed by atoms with van der Waals surface area (Å²) in [6.07, 6.45) is 0.833. The van der Waals surface area contributed by atoms with Crippen molar-refractivity contribution in [2.24, 2.45) is 0 Å². The minimum absolute atomic E-state index is 0.109. The minimum atomic E-state index is -0.109. The fourth-order valence-electron chi connectivity index (χ4n) is 3.02. The van der Waals surface area contributed by atoms with Gasteiger partial charge in [0.15, 0.2) is 16.6 Å². The van der Waals surface area contributed by atoms with E-state index in [-0.39, 0.29) is 12.7 Å². The Morgan fingerprint density at radius 1 is 1.14 bits per heavy atom. The monoisotopic (exact) mass is 417 g/mol. The predicted molar refractivity (Wildman–Crippen MR) is 112 cm³/mol. The van der Waals surface area contributed by atoms with Crippen LogP contribution < -0.4 is 14.4 Å². The zero-order chi connectivity index (χ0) is 19.7. The van der Waals surface area contributed by atoms with Gasteiger partial charge in [-0.2, -0.15) is 0 Å². The van der Waals surface area contributed by atoms with Gasteiger partial charge in [-0.15, -0.1) is 0 Å². The lowest BCUT2D eigenvalue weighted by Crippen LogP contribution is -2.33. The summed E-state index contributed by atoms with van der Waals surface area (Å²) < 4.78 is 11.7. The molecule has 0 spiro atoms. The van der Waals surface area contributed by atoms with Crippen molar-refractivity contribution in [3.8, 4) is 11.5 Å². The van der Waals surface area contributed by atoms with Gasteiger partial charge in [0, 0.05) is 17.1 Å². The first-order valence-electron chi connectivity index (χ1n) is 8.93. The van der Waals surface area contributed by atoms with Crippen molar-refractivity contribution in [2.45, 2.75) is 6.42 Å². The number of benzene rings is 2. The van der Waals surface area contributed by atoms with Crippen LogP contribution in [0.4, 0.5) is 5.13 Å². The molecule has 4 rings (SSSR count). The number of amides is 1. The van der Waals surface area contributed by atoms with Crippen molar-refractivity contribution >= 4 is 44.2 Å². The lowest BCUT2D eigenvalue weighted by Gasteiger charge is -2.21. The number of halogens is 1. The molecule has 0 saturated carbocycles. The molecule has 0 saturated heterocycles. The molecule has 0 atom stereocenters. The van der Waals surface area contributed by atoms with Crippen molar-refractivity contribution in [3.63, 3.8) is 0 Å². The maximum absolute atomic E-state index is 13.3. The molecule has 3 aromatic rings. The number of fused-ring (bicyclic) bond motifs is 2. The molecule has 2 aromatic carbocycles. The number of aromatic nitrogens is 1. The molecular weight excluding hydrogens is 398 g/mol. The smallest absolute Gasteiger partial charge is 0.260 e. The number of ether oxygens (including phenoxy) is 2. The van der Waals surface area contributed by atoms with E-state index in [0.29, 0.717) is 33.8 Å². The van der Waals surface area contributed by atoms with E-state index < -0.39 is 0 Å². The summed E-state index contributed by atoms with van der Waals surface area (Å²) in [7, 11) is 4.04. The number of hydrogen-bond acceptors (Lipinski definition) is 6. The zero-order valence-electron chi connectivity index (χ0n) is 15.6. The Hall–Kier alpha value is -2.35. The van der Waals surface area contributed by atoms with Gasteiger partial charge in [0.25, 0.3) is 5.91 Å². The summed E-state index contributed by atoms with van der Waals surface area (Å²) in [5, 5.41) is 1.32. The summed E-state index contributed by atoms with van der Waals surface area (Å²) in [5.41, 5.74) is 1.38. The zero-order valence-corrected chi connectivity index (χ0v) is 17.2.